The molecule has 0 amide bonds. The molecular formula is C17H27NO2S. The van der Waals surface area contributed by atoms with E-state index < -0.39 is 9.84 Å². The molecule has 1 fully saturated rings. The van der Waals surface area contributed by atoms with Gasteiger partial charge in [-0.15, -0.1) is 0 Å². The number of sulfone groups is 1. The molecule has 0 aromatic heterocycles. The van der Waals surface area contributed by atoms with E-state index in [1.54, 1.807) is 0 Å². The van der Waals surface area contributed by atoms with Gasteiger partial charge >= 0.3 is 0 Å². The Morgan fingerprint density at radius 1 is 1.24 bits per heavy atom. The minimum atomic E-state index is -2.79. The van der Waals surface area contributed by atoms with Crippen LogP contribution in [0.1, 0.15) is 44.7 Å². The van der Waals surface area contributed by atoms with Gasteiger partial charge in [-0.05, 0) is 41.7 Å². The van der Waals surface area contributed by atoms with Crippen LogP contribution in [-0.2, 0) is 21.7 Å². The SMILES string of the molecule is CC(C)(C)c1ccc(CC(N)CC2CCS(=O)(=O)C2)cc1. The summed E-state index contributed by atoms with van der Waals surface area (Å²) in [5, 5.41) is 0. The van der Waals surface area contributed by atoms with E-state index in [9.17, 15) is 8.42 Å². The predicted octanol–water partition coefficient (Wildman–Crippen LogP) is 2.68. The summed E-state index contributed by atoms with van der Waals surface area (Å²) >= 11 is 0. The molecule has 2 rings (SSSR count). The lowest BCUT2D eigenvalue weighted by Gasteiger charge is -2.20. The van der Waals surface area contributed by atoms with E-state index in [-0.39, 0.29) is 17.4 Å². The molecular weight excluding hydrogens is 282 g/mol. The Hall–Kier alpha value is -0.870. The van der Waals surface area contributed by atoms with Crippen LogP contribution in [0.25, 0.3) is 0 Å². The molecule has 1 heterocycles. The summed E-state index contributed by atoms with van der Waals surface area (Å²) in [7, 11) is -2.79. The summed E-state index contributed by atoms with van der Waals surface area (Å²) in [5.74, 6) is 0.910. The Morgan fingerprint density at radius 3 is 2.33 bits per heavy atom. The molecule has 0 bridgehead atoms. The standard InChI is InChI=1S/C17H27NO2S/c1-17(2,3)15-6-4-13(5-7-15)10-16(18)11-14-8-9-21(19,20)12-14/h4-7,14,16H,8-12,18H2,1-3H3. The second kappa shape index (κ2) is 6.09. The molecule has 2 N–H and O–H groups in total. The predicted molar refractivity (Wildman–Crippen MR) is 88.2 cm³/mol. The fourth-order valence-corrected chi connectivity index (χ4v) is 4.89. The van der Waals surface area contributed by atoms with E-state index in [4.69, 9.17) is 5.73 Å². The van der Waals surface area contributed by atoms with Gasteiger partial charge in [0.25, 0.3) is 0 Å². The van der Waals surface area contributed by atoms with Crippen molar-refractivity contribution >= 4 is 9.84 Å². The van der Waals surface area contributed by atoms with Gasteiger partial charge in [-0.3, -0.25) is 0 Å². The van der Waals surface area contributed by atoms with E-state index in [1.165, 1.54) is 11.1 Å². The largest absolute Gasteiger partial charge is 0.327 e. The number of benzene rings is 1. The molecule has 1 aliphatic rings. The molecule has 1 aliphatic heterocycles. The van der Waals surface area contributed by atoms with E-state index in [1.807, 2.05) is 0 Å². The van der Waals surface area contributed by atoms with Crippen LogP contribution in [-0.4, -0.2) is 26.0 Å². The van der Waals surface area contributed by atoms with Crippen LogP contribution in [0.15, 0.2) is 24.3 Å². The second-order valence-electron chi connectivity index (χ2n) is 7.42. The lowest BCUT2D eigenvalue weighted by atomic mass is 9.86. The van der Waals surface area contributed by atoms with Crippen LogP contribution in [0.4, 0.5) is 0 Å². The highest BCUT2D eigenvalue weighted by atomic mass is 32.2. The van der Waals surface area contributed by atoms with E-state index in [0.29, 0.717) is 11.5 Å². The van der Waals surface area contributed by atoms with Crippen LogP contribution in [0, 0.1) is 5.92 Å². The Labute approximate surface area is 128 Å². The van der Waals surface area contributed by atoms with Gasteiger partial charge in [0.15, 0.2) is 9.84 Å². The Kier molecular flexibility index (Phi) is 4.79. The first-order valence-corrected chi connectivity index (χ1v) is 9.53. The molecule has 0 saturated carbocycles. The van der Waals surface area contributed by atoms with Crippen molar-refractivity contribution in [3.63, 3.8) is 0 Å². The quantitative estimate of drug-likeness (QED) is 0.930. The fraction of sp³-hybridized carbons (Fsp3) is 0.647. The molecule has 0 radical (unpaired) electrons. The second-order valence-corrected chi connectivity index (χ2v) is 9.64. The van der Waals surface area contributed by atoms with Crippen LogP contribution < -0.4 is 5.73 Å². The summed E-state index contributed by atoms with van der Waals surface area (Å²) in [6, 6.07) is 8.67. The number of rotatable bonds is 4. The zero-order valence-electron chi connectivity index (χ0n) is 13.3. The van der Waals surface area contributed by atoms with Gasteiger partial charge in [-0.2, -0.15) is 0 Å². The van der Waals surface area contributed by atoms with Gasteiger partial charge in [0.05, 0.1) is 11.5 Å². The summed E-state index contributed by atoms with van der Waals surface area (Å²) in [5.41, 5.74) is 8.92. The lowest BCUT2D eigenvalue weighted by molar-refractivity contribution is 0.468. The summed E-state index contributed by atoms with van der Waals surface area (Å²) in [4.78, 5) is 0. The maximum atomic E-state index is 11.5. The molecule has 1 aromatic rings. The molecule has 4 heteroatoms. The summed E-state index contributed by atoms with van der Waals surface area (Å²) in [6.07, 6.45) is 2.40. The third kappa shape index (κ3) is 4.82. The monoisotopic (exact) mass is 309 g/mol. The van der Waals surface area contributed by atoms with Crippen molar-refractivity contribution in [2.75, 3.05) is 11.5 Å². The molecule has 21 heavy (non-hydrogen) atoms. The molecule has 1 saturated heterocycles. The normalized spacial score (nSPS) is 23.1. The lowest BCUT2D eigenvalue weighted by Crippen LogP contribution is -2.26. The van der Waals surface area contributed by atoms with E-state index in [2.05, 4.69) is 45.0 Å². The van der Waals surface area contributed by atoms with Gasteiger partial charge in [-0.1, -0.05) is 45.0 Å². The highest BCUT2D eigenvalue weighted by Gasteiger charge is 2.28. The van der Waals surface area contributed by atoms with Crippen molar-refractivity contribution in [1.82, 2.24) is 0 Å². The van der Waals surface area contributed by atoms with E-state index in [0.717, 1.165) is 19.3 Å². The van der Waals surface area contributed by atoms with E-state index >= 15 is 0 Å². The first-order valence-electron chi connectivity index (χ1n) is 7.71. The molecule has 118 valence electrons. The Balaban J connectivity index is 1.90. The smallest absolute Gasteiger partial charge is 0.150 e. The number of hydrogen-bond acceptors (Lipinski definition) is 3. The molecule has 0 aliphatic carbocycles. The van der Waals surface area contributed by atoms with Crippen molar-refractivity contribution in [3.05, 3.63) is 35.4 Å². The molecule has 1 aromatic carbocycles. The highest BCUT2D eigenvalue weighted by Crippen LogP contribution is 2.25. The molecule has 2 atom stereocenters. The summed E-state index contributed by atoms with van der Waals surface area (Å²) in [6.45, 7) is 6.61. The third-order valence-electron chi connectivity index (χ3n) is 4.28. The van der Waals surface area contributed by atoms with Crippen LogP contribution in [0.2, 0.25) is 0 Å². The van der Waals surface area contributed by atoms with Gasteiger partial charge in [0.2, 0.25) is 0 Å². The van der Waals surface area contributed by atoms with Crippen molar-refractivity contribution in [3.8, 4) is 0 Å². The molecule has 0 spiro atoms. The number of hydrogen-bond donors (Lipinski definition) is 1. The third-order valence-corrected chi connectivity index (χ3v) is 6.12. The topological polar surface area (TPSA) is 60.2 Å². The van der Waals surface area contributed by atoms with Crippen molar-refractivity contribution in [1.29, 1.82) is 0 Å². The maximum absolute atomic E-state index is 11.5. The Morgan fingerprint density at radius 2 is 1.86 bits per heavy atom. The number of nitrogens with two attached hydrogens (primary N) is 1. The highest BCUT2D eigenvalue weighted by molar-refractivity contribution is 7.91. The molecule has 2 unspecified atom stereocenters. The first kappa shape index (κ1) is 16.5. The maximum Gasteiger partial charge on any atom is 0.150 e. The fourth-order valence-electron chi connectivity index (χ4n) is 3.01. The van der Waals surface area contributed by atoms with Crippen LogP contribution >= 0.6 is 0 Å². The first-order chi connectivity index (χ1) is 9.66. The van der Waals surface area contributed by atoms with Gasteiger partial charge in [0, 0.05) is 6.04 Å². The van der Waals surface area contributed by atoms with Crippen molar-refractivity contribution in [2.24, 2.45) is 11.7 Å². The van der Waals surface area contributed by atoms with Crippen molar-refractivity contribution < 1.29 is 8.42 Å². The molecule has 3 nitrogen and oxygen atoms in total. The minimum absolute atomic E-state index is 0.0452. The minimum Gasteiger partial charge on any atom is -0.327 e. The zero-order chi connectivity index (χ0) is 15.7. The van der Waals surface area contributed by atoms with Gasteiger partial charge in [-0.25, -0.2) is 8.42 Å². The van der Waals surface area contributed by atoms with Crippen molar-refractivity contribution in [2.45, 2.75) is 51.5 Å². The van der Waals surface area contributed by atoms with Crippen LogP contribution in [0.3, 0.4) is 0 Å². The average Bonchev–Trinajstić information content (AvgIpc) is 2.68. The van der Waals surface area contributed by atoms with Gasteiger partial charge in [0.1, 0.15) is 0 Å². The van der Waals surface area contributed by atoms with Crippen LogP contribution in [0.5, 0.6) is 0 Å². The average molecular weight is 309 g/mol. The van der Waals surface area contributed by atoms with Gasteiger partial charge < -0.3 is 5.73 Å². The summed E-state index contributed by atoms with van der Waals surface area (Å²) < 4.78 is 22.9. The zero-order valence-corrected chi connectivity index (χ0v) is 14.1. The Bertz CT molecular complexity index is 570.